The molecular weight excluding hydrogens is 397 g/mol. The highest BCUT2D eigenvalue weighted by Gasteiger charge is 2.82. The van der Waals surface area contributed by atoms with Gasteiger partial charge in [-0.15, -0.1) is 0 Å². The number of morpholine rings is 1. The lowest BCUT2D eigenvalue weighted by molar-refractivity contribution is -0.207. The van der Waals surface area contributed by atoms with Gasteiger partial charge in [0.1, 0.15) is 11.9 Å². The third kappa shape index (κ3) is 2.62. The number of hydrogen-bond donors (Lipinski definition) is 2. The third-order valence-corrected chi connectivity index (χ3v) is 9.32. The molecule has 5 aliphatic rings. The molecule has 1 aromatic carbocycles. The Kier molecular flexibility index (Phi) is 4.13. The molecule has 1 saturated heterocycles. The second kappa shape index (κ2) is 6.51. The second-order valence-electron chi connectivity index (χ2n) is 10.7. The van der Waals surface area contributed by atoms with E-state index in [-0.39, 0.29) is 34.5 Å². The highest BCUT2D eigenvalue weighted by molar-refractivity contribution is 5.84. The van der Waals surface area contributed by atoms with E-state index in [1.54, 1.807) is 6.07 Å². The Morgan fingerprint density at radius 2 is 2.16 bits per heavy atom. The van der Waals surface area contributed by atoms with E-state index in [1.165, 1.54) is 0 Å². The van der Waals surface area contributed by atoms with Crippen molar-refractivity contribution in [1.29, 1.82) is 0 Å². The predicted octanol–water partition coefficient (Wildman–Crippen LogP) is 1.74. The van der Waals surface area contributed by atoms with Crippen molar-refractivity contribution >= 4 is 11.8 Å². The number of nitrogens with two attached hydrogens (primary N) is 1. The van der Waals surface area contributed by atoms with Crippen molar-refractivity contribution in [3.8, 4) is 0 Å². The number of nitrogens with zero attached hydrogens (tertiary/aromatic N) is 1. The summed E-state index contributed by atoms with van der Waals surface area (Å²) in [7, 11) is 0. The maximum atomic E-state index is 14.2. The number of rotatable bonds is 5. The van der Waals surface area contributed by atoms with Gasteiger partial charge in [-0.3, -0.25) is 14.5 Å². The molecule has 5 fully saturated rings. The van der Waals surface area contributed by atoms with Crippen molar-refractivity contribution in [3.63, 3.8) is 0 Å². The van der Waals surface area contributed by atoms with Crippen molar-refractivity contribution in [1.82, 2.24) is 10.2 Å². The summed E-state index contributed by atoms with van der Waals surface area (Å²) in [6, 6.07) is 5.42. The van der Waals surface area contributed by atoms with E-state index in [4.69, 9.17) is 10.5 Å². The minimum atomic E-state index is -0.543. The number of primary amides is 1. The number of amides is 2. The first kappa shape index (κ1) is 19.7. The van der Waals surface area contributed by atoms with Gasteiger partial charge in [0.25, 0.3) is 5.91 Å². The maximum absolute atomic E-state index is 14.2. The lowest BCUT2D eigenvalue weighted by Crippen LogP contribution is -2.74. The van der Waals surface area contributed by atoms with Crippen LogP contribution in [0.25, 0.3) is 0 Å². The number of aryl methyl sites for hydroxylation is 1. The standard InChI is InChI=1S/C24H30FN3O3/c1-13-2-3-14(18(25)6-13)10-28-4-5-31-19(11-28)21(29)27-20-16-7-15-8-23(22(26)30)9-17(20)24(15,16)12-23/h2-3,6,15-17,19-20H,4-5,7-12H2,1H3,(H2,26,30)(H,27,29). The molecule has 6 nitrogen and oxygen atoms in total. The molecule has 166 valence electrons. The first-order chi connectivity index (χ1) is 14.8. The van der Waals surface area contributed by atoms with E-state index >= 15 is 0 Å². The van der Waals surface area contributed by atoms with Gasteiger partial charge in [-0.05, 0) is 67.4 Å². The second-order valence-corrected chi connectivity index (χ2v) is 10.7. The normalized spacial score (nSPS) is 42.5. The van der Waals surface area contributed by atoms with Crippen LogP contribution in [-0.4, -0.2) is 48.6 Å². The van der Waals surface area contributed by atoms with E-state index in [1.807, 2.05) is 19.1 Å². The fourth-order valence-corrected chi connectivity index (χ4v) is 7.92. The van der Waals surface area contributed by atoms with Gasteiger partial charge in [-0.2, -0.15) is 0 Å². The van der Waals surface area contributed by atoms with E-state index in [0.717, 1.165) is 31.2 Å². The fraction of sp³-hybridized carbons (Fsp3) is 0.667. The largest absolute Gasteiger partial charge is 0.369 e. The Hall–Kier alpha value is -1.99. The van der Waals surface area contributed by atoms with Crippen molar-refractivity contribution < 1.29 is 18.7 Å². The summed E-state index contributed by atoms with van der Waals surface area (Å²) in [5.74, 6) is 1.05. The molecule has 0 aromatic heterocycles. The summed E-state index contributed by atoms with van der Waals surface area (Å²) in [4.78, 5) is 27.3. The number of ether oxygens (including phenoxy) is 1. The van der Waals surface area contributed by atoms with Gasteiger partial charge in [-0.1, -0.05) is 12.1 Å². The molecule has 2 amide bonds. The number of fused-ring (bicyclic) bond motifs is 1. The molecule has 7 atom stereocenters. The van der Waals surface area contributed by atoms with Gasteiger partial charge >= 0.3 is 0 Å². The van der Waals surface area contributed by atoms with Crippen LogP contribution in [0.3, 0.4) is 0 Å². The summed E-state index contributed by atoms with van der Waals surface area (Å²) >= 11 is 0. The van der Waals surface area contributed by atoms with Crippen LogP contribution in [0.1, 0.15) is 36.8 Å². The predicted molar refractivity (Wildman–Crippen MR) is 111 cm³/mol. The molecule has 4 saturated carbocycles. The average Bonchev–Trinajstić information content (AvgIpc) is 3.22. The number of hydrogen-bond acceptors (Lipinski definition) is 4. The Balaban J connectivity index is 1.10. The van der Waals surface area contributed by atoms with Crippen LogP contribution in [0.4, 0.5) is 4.39 Å². The molecule has 6 rings (SSSR count). The van der Waals surface area contributed by atoms with Crippen molar-refractivity contribution in [2.45, 2.75) is 51.3 Å². The lowest BCUT2D eigenvalue weighted by atomic mass is 9.36. The number of nitrogens with one attached hydrogen (secondary N) is 1. The number of carbonyl (C=O) groups is 2. The van der Waals surface area contributed by atoms with Crippen LogP contribution in [0.5, 0.6) is 0 Å². The molecule has 2 bridgehead atoms. The molecule has 3 N–H and O–H groups in total. The molecule has 1 spiro atoms. The molecular formula is C24H30FN3O3. The molecule has 1 aliphatic heterocycles. The first-order valence-electron chi connectivity index (χ1n) is 11.5. The van der Waals surface area contributed by atoms with Crippen molar-refractivity contribution in [2.24, 2.45) is 34.3 Å². The van der Waals surface area contributed by atoms with E-state index in [0.29, 0.717) is 49.6 Å². The summed E-state index contributed by atoms with van der Waals surface area (Å²) in [6.45, 7) is 3.94. The van der Waals surface area contributed by atoms with Gasteiger partial charge < -0.3 is 15.8 Å². The number of benzene rings is 1. The number of carbonyl (C=O) groups excluding carboxylic acids is 2. The minimum Gasteiger partial charge on any atom is -0.369 e. The van der Waals surface area contributed by atoms with E-state index < -0.39 is 6.10 Å². The van der Waals surface area contributed by atoms with Gasteiger partial charge in [-0.25, -0.2) is 4.39 Å². The van der Waals surface area contributed by atoms with Crippen LogP contribution < -0.4 is 11.1 Å². The Morgan fingerprint density at radius 1 is 1.32 bits per heavy atom. The van der Waals surface area contributed by atoms with Gasteiger partial charge in [0.15, 0.2) is 0 Å². The first-order valence-corrected chi connectivity index (χ1v) is 11.5. The maximum Gasteiger partial charge on any atom is 0.250 e. The van der Waals surface area contributed by atoms with Crippen molar-refractivity contribution in [3.05, 3.63) is 35.1 Å². The summed E-state index contributed by atoms with van der Waals surface area (Å²) in [5.41, 5.74) is 7.25. The highest BCUT2D eigenvalue weighted by Crippen LogP contribution is 2.84. The Bertz CT molecular complexity index is 969. The minimum absolute atomic E-state index is 0.0757. The number of halogens is 1. The Morgan fingerprint density at radius 3 is 2.94 bits per heavy atom. The van der Waals surface area contributed by atoms with Crippen LogP contribution in [0.15, 0.2) is 18.2 Å². The molecule has 0 radical (unpaired) electrons. The van der Waals surface area contributed by atoms with Crippen LogP contribution in [0, 0.1) is 41.3 Å². The highest BCUT2D eigenvalue weighted by atomic mass is 19.1. The molecule has 1 heterocycles. The molecule has 4 aliphatic carbocycles. The van der Waals surface area contributed by atoms with Gasteiger partial charge in [0, 0.05) is 31.2 Å². The topological polar surface area (TPSA) is 84.7 Å². The molecule has 31 heavy (non-hydrogen) atoms. The fourth-order valence-electron chi connectivity index (χ4n) is 7.92. The monoisotopic (exact) mass is 427 g/mol. The van der Waals surface area contributed by atoms with Gasteiger partial charge in [0.05, 0.1) is 12.0 Å². The average molecular weight is 428 g/mol. The zero-order chi connectivity index (χ0) is 21.5. The molecule has 7 heteroatoms. The SMILES string of the molecule is Cc1ccc(CN2CCOC(C(=O)NC3C4CC5CC6(C(N)=O)CC3C54C6)C2)c(F)c1. The van der Waals surface area contributed by atoms with Crippen molar-refractivity contribution in [2.75, 3.05) is 19.7 Å². The smallest absolute Gasteiger partial charge is 0.250 e. The van der Waals surface area contributed by atoms with Crippen LogP contribution >= 0.6 is 0 Å². The van der Waals surface area contributed by atoms with Crippen LogP contribution in [0.2, 0.25) is 0 Å². The van der Waals surface area contributed by atoms with Crippen LogP contribution in [-0.2, 0) is 20.9 Å². The van der Waals surface area contributed by atoms with E-state index in [9.17, 15) is 14.0 Å². The quantitative estimate of drug-likeness (QED) is 0.750. The summed E-state index contributed by atoms with van der Waals surface area (Å²) in [6.07, 6.45) is 3.26. The summed E-state index contributed by atoms with van der Waals surface area (Å²) in [5, 5.41) is 3.27. The Labute approximate surface area is 181 Å². The van der Waals surface area contributed by atoms with Gasteiger partial charge in [0.2, 0.25) is 5.91 Å². The molecule has 1 aromatic rings. The lowest BCUT2D eigenvalue weighted by Gasteiger charge is -2.70. The van der Waals surface area contributed by atoms with E-state index in [2.05, 4.69) is 10.2 Å². The zero-order valence-electron chi connectivity index (χ0n) is 17.9. The zero-order valence-corrected chi connectivity index (χ0v) is 17.9. The molecule has 7 unspecified atom stereocenters. The summed E-state index contributed by atoms with van der Waals surface area (Å²) < 4.78 is 20.0. The third-order valence-electron chi connectivity index (χ3n) is 9.32.